The van der Waals surface area contributed by atoms with E-state index in [1.54, 1.807) is 11.8 Å². The average Bonchev–Trinajstić information content (AvgIpc) is 3.18. The van der Waals surface area contributed by atoms with Gasteiger partial charge in [0.05, 0.1) is 5.41 Å². The van der Waals surface area contributed by atoms with Crippen molar-refractivity contribution >= 4 is 12.0 Å². The quantitative estimate of drug-likeness (QED) is 0.750. The van der Waals surface area contributed by atoms with Crippen molar-refractivity contribution in [1.82, 2.24) is 10.2 Å². The summed E-state index contributed by atoms with van der Waals surface area (Å²) in [5.74, 6) is 0.0842. The van der Waals surface area contributed by atoms with Gasteiger partial charge < -0.3 is 15.3 Å². The van der Waals surface area contributed by atoms with Gasteiger partial charge in [-0.1, -0.05) is 12.8 Å². The Morgan fingerprint density at radius 2 is 2.16 bits per heavy atom. The van der Waals surface area contributed by atoms with Gasteiger partial charge in [0.15, 0.2) is 0 Å². The number of hydrogen-bond acceptors (Lipinski definition) is 2. The van der Waals surface area contributed by atoms with Crippen LogP contribution >= 0.6 is 0 Å². The predicted molar refractivity (Wildman–Crippen MR) is 71.9 cm³/mol. The maximum atomic E-state index is 12.0. The summed E-state index contributed by atoms with van der Waals surface area (Å²) in [7, 11) is 0. The molecule has 1 saturated carbocycles. The van der Waals surface area contributed by atoms with Crippen LogP contribution in [0.4, 0.5) is 4.79 Å². The molecule has 108 valence electrons. The van der Waals surface area contributed by atoms with Gasteiger partial charge in [-0.25, -0.2) is 4.79 Å². The van der Waals surface area contributed by atoms with Crippen LogP contribution in [0.1, 0.15) is 45.4 Å². The number of rotatable bonds is 5. The fourth-order valence-corrected chi connectivity index (χ4v) is 2.69. The number of urea groups is 1. The summed E-state index contributed by atoms with van der Waals surface area (Å²) in [5, 5.41) is 12.1. The highest BCUT2D eigenvalue weighted by Crippen LogP contribution is 2.33. The zero-order chi connectivity index (χ0) is 13.9. The van der Waals surface area contributed by atoms with Crippen LogP contribution in [0.25, 0.3) is 0 Å². The number of carbonyl (C=O) groups excluding carboxylic acids is 1. The number of hydrogen-bond donors (Lipinski definition) is 2. The zero-order valence-corrected chi connectivity index (χ0v) is 11.7. The molecule has 1 unspecified atom stereocenters. The Balaban J connectivity index is 1.73. The fraction of sp³-hybridized carbons (Fsp3) is 0.857. The first kappa shape index (κ1) is 14.2. The molecule has 2 N–H and O–H groups in total. The number of likely N-dealkylation sites (tertiary alicyclic amines) is 1. The lowest BCUT2D eigenvalue weighted by atomic mass is 9.82. The molecule has 2 fully saturated rings. The Hall–Kier alpha value is -1.26. The highest BCUT2D eigenvalue weighted by molar-refractivity contribution is 5.78. The molecule has 0 aromatic heterocycles. The van der Waals surface area contributed by atoms with E-state index < -0.39 is 11.4 Å². The number of nitrogens with zero attached hydrogens (tertiary/aromatic N) is 1. The molecule has 5 heteroatoms. The summed E-state index contributed by atoms with van der Waals surface area (Å²) in [6.07, 6.45) is 6.33. The summed E-state index contributed by atoms with van der Waals surface area (Å²) >= 11 is 0. The van der Waals surface area contributed by atoms with Crippen molar-refractivity contribution in [1.29, 1.82) is 0 Å². The Morgan fingerprint density at radius 1 is 1.42 bits per heavy atom. The molecule has 1 heterocycles. The van der Waals surface area contributed by atoms with E-state index in [-0.39, 0.29) is 6.03 Å². The smallest absolute Gasteiger partial charge is 0.317 e. The molecule has 19 heavy (non-hydrogen) atoms. The zero-order valence-electron chi connectivity index (χ0n) is 11.7. The van der Waals surface area contributed by atoms with E-state index in [9.17, 15) is 14.7 Å². The lowest BCUT2D eigenvalue weighted by molar-refractivity contribution is -0.150. The molecule has 0 spiro atoms. The topological polar surface area (TPSA) is 69.6 Å². The van der Waals surface area contributed by atoms with Gasteiger partial charge in [0, 0.05) is 19.6 Å². The molecule has 0 aromatic carbocycles. The highest BCUT2D eigenvalue weighted by Gasteiger charge is 2.39. The van der Waals surface area contributed by atoms with Crippen LogP contribution < -0.4 is 5.32 Å². The van der Waals surface area contributed by atoms with E-state index in [0.29, 0.717) is 26.1 Å². The number of nitrogens with one attached hydrogen (secondary N) is 1. The molecule has 0 radical (unpaired) electrons. The second kappa shape index (κ2) is 5.80. The molecule has 2 aliphatic rings. The highest BCUT2D eigenvalue weighted by atomic mass is 16.4. The van der Waals surface area contributed by atoms with Crippen LogP contribution in [0.3, 0.4) is 0 Å². The third-order valence-electron chi connectivity index (χ3n) is 4.26. The maximum Gasteiger partial charge on any atom is 0.317 e. The molecule has 1 saturated heterocycles. The Morgan fingerprint density at radius 3 is 2.79 bits per heavy atom. The number of piperidine rings is 1. The Kier molecular flexibility index (Phi) is 4.32. The van der Waals surface area contributed by atoms with Crippen LogP contribution in [0.5, 0.6) is 0 Å². The number of carboxylic acid groups (broad SMARTS) is 1. The molecule has 0 bridgehead atoms. The monoisotopic (exact) mass is 268 g/mol. The summed E-state index contributed by atoms with van der Waals surface area (Å²) in [4.78, 5) is 24.9. The van der Waals surface area contributed by atoms with Gasteiger partial charge in [0.2, 0.25) is 0 Å². The predicted octanol–water partition coefficient (Wildman–Crippen LogP) is 2.07. The first-order chi connectivity index (χ1) is 9.01. The van der Waals surface area contributed by atoms with Crippen molar-refractivity contribution in [3.8, 4) is 0 Å². The van der Waals surface area contributed by atoms with Crippen LogP contribution in [0.2, 0.25) is 0 Å². The van der Waals surface area contributed by atoms with E-state index in [0.717, 1.165) is 18.8 Å². The standard InChI is InChI=1S/C14H24N2O3/c1-14(12(17)18)7-3-9-16(10-14)13(19)15-8-2-4-11-5-6-11/h11H,2-10H2,1H3,(H,15,19)(H,17,18). The number of amides is 2. The average molecular weight is 268 g/mol. The fourth-order valence-electron chi connectivity index (χ4n) is 2.69. The summed E-state index contributed by atoms with van der Waals surface area (Å²) < 4.78 is 0. The van der Waals surface area contributed by atoms with E-state index >= 15 is 0 Å². The second-order valence-electron chi connectivity index (χ2n) is 6.21. The van der Waals surface area contributed by atoms with Crippen LogP contribution in [-0.2, 0) is 4.79 Å². The minimum atomic E-state index is -0.807. The first-order valence-electron chi connectivity index (χ1n) is 7.27. The third-order valence-corrected chi connectivity index (χ3v) is 4.26. The van der Waals surface area contributed by atoms with E-state index in [1.165, 1.54) is 19.3 Å². The summed E-state index contributed by atoms with van der Waals surface area (Å²) in [6, 6.07) is -0.108. The van der Waals surface area contributed by atoms with E-state index in [1.807, 2.05) is 0 Å². The van der Waals surface area contributed by atoms with E-state index in [4.69, 9.17) is 0 Å². The lowest BCUT2D eigenvalue weighted by Crippen LogP contribution is -2.51. The van der Waals surface area contributed by atoms with Gasteiger partial charge in [0.25, 0.3) is 0 Å². The van der Waals surface area contributed by atoms with Gasteiger partial charge in [0.1, 0.15) is 0 Å². The SMILES string of the molecule is CC1(C(=O)O)CCCN(C(=O)NCCCC2CC2)C1. The van der Waals surface area contributed by atoms with Crippen molar-refractivity contribution in [3.63, 3.8) is 0 Å². The van der Waals surface area contributed by atoms with Crippen molar-refractivity contribution in [2.24, 2.45) is 11.3 Å². The van der Waals surface area contributed by atoms with Crippen molar-refractivity contribution in [2.45, 2.75) is 45.4 Å². The minimum Gasteiger partial charge on any atom is -0.481 e. The van der Waals surface area contributed by atoms with Gasteiger partial charge in [-0.15, -0.1) is 0 Å². The molecule has 2 amide bonds. The normalized spacial score (nSPS) is 27.1. The molecule has 1 aliphatic heterocycles. The summed E-state index contributed by atoms with van der Waals surface area (Å²) in [5.41, 5.74) is -0.788. The Bertz CT molecular complexity index is 355. The molecular weight excluding hydrogens is 244 g/mol. The number of aliphatic carboxylic acids is 1. The van der Waals surface area contributed by atoms with Gasteiger partial charge in [-0.05, 0) is 38.5 Å². The molecule has 5 nitrogen and oxygen atoms in total. The number of carbonyl (C=O) groups is 2. The second-order valence-corrected chi connectivity index (χ2v) is 6.21. The summed E-state index contributed by atoms with van der Waals surface area (Å²) in [6.45, 7) is 3.41. The van der Waals surface area contributed by atoms with Crippen LogP contribution in [0, 0.1) is 11.3 Å². The van der Waals surface area contributed by atoms with Crippen LogP contribution in [-0.4, -0.2) is 41.6 Å². The third kappa shape index (κ3) is 3.85. The maximum absolute atomic E-state index is 12.0. The molecule has 2 rings (SSSR count). The minimum absolute atomic E-state index is 0.108. The van der Waals surface area contributed by atoms with Crippen molar-refractivity contribution < 1.29 is 14.7 Å². The van der Waals surface area contributed by atoms with Gasteiger partial charge in [-0.2, -0.15) is 0 Å². The van der Waals surface area contributed by atoms with Crippen molar-refractivity contribution in [3.05, 3.63) is 0 Å². The molecule has 1 aliphatic carbocycles. The molecule has 0 aromatic rings. The first-order valence-corrected chi connectivity index (χ1v) is 7.27. The van der Waals surface area contributed by atoms with Gasteiger partial charge in [-0.3, -0.25) is 4.79 Å². The largest absolute Gasteiger partial charge is 0.481 e. The Labute approximate surface area is 114 Å². The number of carboxylic acids is 1. The lowest BCUT2D eigenvalue weighted by Gasteiger charge is -2.37. The van der Waals surface area contributed by atoms with Crippen LogP contribution in [0.15, 0.2) is 0 Å². The molecular formula is C14H24N2O3. The van der Waals surface area contributed by atoms with E-state index in [2.05, 4.69) is 5.32 Å². The van der Waals surface area contributed by atoms with Gasteiger partial charge >= 0.3 is 12.0 Å². The molecule has 1 atom stereocenters. The van der Waals surface area contributed by atoms with Crippen molar-refractivity contribution in [2.75, 3.05) is 19.6 Å².